The highest BCUT2D eigenvalue weighted by Gasteiger charge is 2.38. The molecule has 2 N–H and O–H groups in total. The lowest BCUT2D eigenvalue weighted by molar-refractivity contribution is 0.0711. The van der Waals surface area contributed by atoms with E-state index in [2.05, 4.69) is 6.92 Å². The first-order valence-electron chi connectivity index (χ1n) is 6.53. The monoisotopic (exact) mass is 400 g/mol. The van der Waals surface area contributed by atoms with Gasteiger partial charge >= 0.3 is 27.1 Å². The smallest absolute Gasteiger partial charge is 0.374 e. The lowest BCUT2D eigenvalue weighted by Gasteiger charge is -2.27. The van der Waals surface area contributed by atoms with Crippen LogP contribution in [0, 0.1) is 0 Å². The van der Waals surface area contributed by atoms with E-state index in [0.29, 0.717) is 19.8 Å². The van der Waals surface area contributed by atoms with Crippen molar-refractivity contribution < 1.29 is 39.2 Å². The van der Waals surface area contributed by atoms with Gasteiger partial charge in [0.05, 0.1) is 0 Å². The van der Waals surface area contributed by atoms with Gasteiger partial charge in [0.2, 0.25) is 0 Å². The summed E-state index contributed by atoms with van der Waals surface area (Å²) in [6, 6.07) is 0.919. The van der Waals surface area contributed by atoms with Crippen molar-refractivity contribution in [2.45, 2.75) is 40.2 Å². The third-order valence-electron chi connectivity index (χ3n) is 1.82. The van der Waals surface area contributed by atoms with E-state index in [9.17, 15) is 16.8 Å². The van der Waals surface area contributed by atoms with Gasteiger partial charge in [-0.1, -0.05) is 13.3 Å². The molecule has 0 rings (SSSR count). The highest BCUT2D eigenvalue weighted by molar-refractivity contribution is 9.02. The molecule has 0 aromatic heterocycles. The second-order valence-electron chi connectivity index (χ2n) is 3.66. The molecule has 0 saturated carbocycles. The Morgan fingerprint density at radius 1 is 0.818 bits per heavy atom. The van der Waals surface area contributed by atoms with E-state index in [0.717, 1.165) is 12.5 Å². The van der Waals surface area contributed by atoms with Crippen molar-refractivity contribution in [1.29, 1.82) is 0 Å². The summed E-state index contributed by atoms with van der Waals surface area (Å²) in [6.07, 6.45) is 1.05. The van der Waals surface area contributed by atoms with Crippen molar-refractivity contribution in [2.24, 2.45) is 0 Å². The first-order valence-corrected chi connectivity index (χ1v) is 13.2. The Kier molecular flexibility index (Phi) is 13.1. The average Bonchev–Trinajstić information content (AvgIpc) is 2.26. The Morgan fingerprint density at radius 2 is 1.14 bits per heavy atom. The Morgan fingerprint density at radius 3 is 1.27 bits per heavy atom. The van der Waals surface area contributed by atoms with Gasteiger partial charge in [-0.05, 0) is 20.8 Å². The SMILES string of the molecule is CCC[Si](OCC)(OCC)OCC.O=S(=O)(O)SS(=O)(=O)O. The first kappa shape index (κ1) is 24.5. The van der Waals surface area contributed by atoms with E-state index >= 15 is 0 Å². The van der Waals surface area contributed by atoms with Gasteiger partial charge in [0.1, 0.15) is 0 Å². The topological polar surface area (TPSA) is 136 Å². The van der Waals surface area contributed by atoms with Crippen LogP contribution in [0.3, 0.4) is 0 Å². The van der Waals surface area contributed by atoms with Crippen molar-refractivity contribution in [2.75, 3.05) is 19.8 Å². The van der Waals surface area contributed by atoms with Crippen LogP contribution < -0.4 is 0 Å². The van der Waals surface area contributed by atoms with Gasteiger partial charge in [-0.3, -0.25) is 9.11 Å². The van der Waals surface area contributed by atoms with Gasteiger partial charge in [-0.25, -0.2) is 0 Å². The molecule has 0 aliphatic heterocycles. The Hall–Kier alpha value is 0.267. The van der Waals surface area contributed by atoms with Crippen molar-refractivity contribution in [1.82, 2.24) is 0 Å². The van der Waals surface area contributed by atoms with E-state index in [-0.39, 0.29) is 0 Å². The lowest BCUT2D eigenvalue weighted by Crippen LogP contribution is -2.45. The van der Waals surface area contributed by atoms with Crippen LogP contribution in [0.2, 0.25) is 6.04 Å². The average molecular weight is 401 g/mol. The summed E-state index contributed by atoms with van der Waals surface area (Å²) in [5.74, 6) is 0. The van der Waals surface area contributed by atoms with Crippen LogP contribution in [0.5, 0.6) is 0 Å². The second-order valence-corrected chi connectivity index (χ2v) is 12.4. The molecular formula is C9H24O9S3Si. The summed E-state index contributed by atoms with van der Waals surface area (Å²) in [7, 11) is -12.6. The van der Waals surface area contributed by atoms with Crippen molar-refractivity contribution in [3.8, 4) is 0 Å². The quantitative estimate of drug-likeness (QED) is 0.317. The first-order chi connectivity index (χ1) is 9.95. The van der Waals surface area contributed by atoms with Crippen LogP contribution >= 0.6 is 9.83 Å². The zero-order chi connectivity index (χ0) is 17.9. The minimum Gasteiger partial charge on any atom is -0.374 e. The van der Waals surface area contributed by atoms with Gasteiger partial charge in [-0.2, -0.15) is 16.8 Å². The zero-order valence-corrected chi connectivity index (χ0v) is 16.5. The van der Waals surface area contributed by atoms with Crippen LogP contribution in [-0.2, 0) is 31.6 Å². The molecule has 9 nitrogen and oxygen atoms in total. The summed E-state index contributed by atoms with van der Waals surface area (Å²) in [5, 5.41) is 0. The fraction of sp³-hybridized carbons (Fsp3) is 1.00. The van der Waals surface area contributed by atoms with Crippen molar-refractivity contribution >= 4 is 36.9 Å². The predicted molar refractivity (Wildman–Crippen MR) is 86.4 cm³/mol. The molecule has 0 spiro atoms. The predicted octanol–water partition coefficient (Wildman–Crippen LogP) is 1.77. The van der Waals surface area contributed by atoms with E-state index in [1.807, 2.05) is 20.8 Å². The van der Waals surface area contributed by atoms with Gasteiger partial charge in [0.15, 0.2) is 9.83 Å². The maximum atomic E-state index is 9.63. The fourth-order valence-electron chi connectivity index (χ4n) is 1.42. The maximum absolute atomic E-state index is 9.63. The molecule has 0 aromatic carbocycles. The van der Waals surface area contributed by atoms with Crippen LogP contribution in [0.25, 0.3) is 0 Å². The van der Waals surface area contributed by atoms with Crippen LogP contribution in [0.15, 0.2) is 0 Å². The Labute approximate surface area is 136 Å². The van der Waals surface area contributed by atoms with E-state index in [4.69, 9.17) is 22.4 Å². The minimum atomic E-state index is -4.70. The number of hydrogen-bond donors (Lipinski definition) is 2. The van der Waals surface area contributed by atoms with Crippen LogP contribution in [0.1, 0.15) is 34.1 Å². The highest BCUT2D eigenvalue weighted by Crippen LogP contribution is 2.17. The number of rotatable bonds is 10. The molecular weight excluding hydrogens is 376 g/mol. The Balaban J connectivity index is 0. The molecule has 0 heterocycles. The molecule has 22 heavy (non-hydrogen) atoms. The summed E-state index contributed by atoms with van der Waals surface area (Å²) < 4.78 is 70.9. The summed E-state index contributed by atoms with van der Waals surface area (Å²) in [6.45, 7) is 10.1. The zero-order valence-electron chi connectivity index (χ0n) is 13.0. The molecule has 0 fully saturated rings. The number of hydrogen-bond acceptors (Lipinski definition) is 8. The largest absolute Gasteiger partial charge is 0.500 e. The molecule has 0 aromatic rings. The van der Waals surface area contributed by atoms with Crippen LogP contribution in [0.4, 0.5) is 0 Å². The normalized spacial score (nSPS) is 12.6. The second kappa shape index (κ2) is 11.7. The molecule has 136 valence electrons. The molecule has 0 bridgehead atoms. The van der Waals surface area contributed by atoms with Gasteiger partial charge in [-0.15, -0.1) is 0 Å². The summed E-state index contributed by atoms with van der Waals surface area (Å²) >= 11 is 0. The fourth-order valence-corrected chi connectivity index (χ4v) is 6.86. The standard InChI is InChI=1S/C9H22O3Si.H2O6S3/c1-5-9-13(10-6-2,11-7-3)12-8-4;1-8(2,3)7-9(4,5)6/h5-9H2,1-4H3;(H,1,2,3)(H,4,5,6). The van der Waals surface area contributed by atoms with Gasteiger partial charge in [0, 0.05) is 25.9 Å². The van der Waals surface area contributed by atoms with Crippen molar-refractivity contribution in [3.63, 3.8) is 0 Å². The third-order valence-corrected chi connectivity index (χ3v) is 9.59. The third kappa shape index (κ3) is 15.2. The van der Waals surface area contributed by atoms with Crippen LogP contribution in [-0.4, -0.2) is 54.6 Å². The maximum Gasteiger partial charge on any atom is 0.500 e. The summed E-state index contributed by atoms with van der Waals surface area (Å²) in [5.41, 5.74) is 0. The molecule has 0 atom stereocenters. The molecule has 13 heteroatoms. The molecule has 0 radical (unpaired) electrons. The molecule has 0 aliphatic carbocycles. The Bertz CT molecular complexity index is 417. The molecule has 0 aliphatic rings. The summed E-state index contributed by atoms with van der Waals surface area (Å²) in [4.78, 5) is 0. The molecule has 0 saturated heterocycles. The minimum absolute atomic E-state index is 0.673. The van der Waals surface area contributed by atoms with Crippen molar-refractivity contribution in [3.05, 3.63) is 0 Å². The van der Waals surface area contributed by atoms with E-state index in [1.54, 1.807) is 0 Å². The van der Waals surface area contributed by atoms with Gasteiger partial charge < -0.3 is 13.3 Å². The van der Waals surface area contributed by atoms with E-state index < -0.39 is 36.9 Å². The van der Waals surface area contributed by atoms with E-state index in [1.165, 1.54) is 0 Å². The lowest BCUT2D eigenvalue weighted by atomic mass is 10.6. The molecule has 0 unspecified atom stereocenters. The van der Waals surface area contributed by atoms with Gasteiger partial charge in [0.25, 0.3) is 0 Å². The molecule has 0 amide bonds. The highest BCUT2D eigenvalue weighted by atomic mass is 33.5.